The Hall–Kier alpha value is -2.34. The number of aliphatic hydroxyl groups is 1. The summed E-state index contributed by atoms with van der Waals surface area (Å²) >= 11 is 0. The first-order valence-corrected chi connectivity index (χ1v) is 6.69. The number of carbonyl (C=O) groups excluding carboxylic acids is 1. The van der Waals surface area contributed by atoms with Gasteiger partial charge in [-0.25, -0.2) is 4.79 Å². The average Bonchev–Trinajstić information content (AvgIpc) is 2.74. The molecule has 0 spiro atoms. The molecule has 3 rings (SSSR count). The Morgan fingerprint density at radius 3 is 2.62 bits per heavy atom. The van der Waals surface area contributed by atoms with Gasteiger partial charge in [-0.1, -0.05) is 18.2 Å². The Morgan fingerprint density at radius 1 is 1.38 bits per heavy atom. The van der Waals surface area contributed by atoms with Crippen molar-refractivity contribution in [3.8, 4) is 5.75 Å². The lowest BCUT2D eigenvalue weighted by atomic mass is 9.82. The summed E-state index contributed by atoms with van der Waals surface area (Å²) in [5, 5.41) is 29.0. The number of amides is 1. The molecule has 21 heavy (non-hydrogen) atoms. The summed E-state index contributed by atoms with van der Waals surface area (Å²) in [5.74, 6) is -2.18. The molecule has 6 nitrogen and oxygen atoms in total. The van der Waals surface area contributed by atoms with Crippen LogP contribution >= 0.6 is 0 Å². The number of nitrogens with zero attached hydrogens (tertiary/aromatic N) is 1. The molecule has 6 heteroatoms. The summed E-state index contributed by atoms with van der Waals surface area (Å²) in [6, 6.07) is 6.10. The SMILES string of the molecule is C[C@@H](O)[C@H]1C(=O)N2C(C(=O)O)=C(c3ccccc3O)C[C@H]12. The number of carbonyl (C=O) groups is 2. The van der Waals surface area contributed by atoms with Gasteiger partial charge >= 0.3 is 5.97 Å². The summed E-state index contributed by atoms with van der Waals surface area (Å²) in [4.78, 5) is 24.8. The Morgan fingerprint density at radius 2 is 2.05 bits per heavy atom. The van der Waals surface area contributed by atoms with E-state index in [4.69, 9.17) is 0 Å². The highest BCUT2D eigenvalue weighted by Gasteiger charge is 2.56. The molecule has 1 saturated heterocycles. The fourth-order valence-corrected chi connectivity index (χ4v) is 3.24. The second-order valence-electron chi connectivity index (χ2n) is 5.40. The predicted molar refractivity (Wildman–Crippen MR) is 73.1 cm³/mol. The summed E-state index contributed by atoms with van der Waals surface area (Å²) in [6.45, 7) is 1.53. The first-order chi connectivity index (χ1) is 9.93. The molecule has 1 amide bonds. The number of carboxylic acids is 1. The maximum Gasteiger partial charge on any atom is 0.352 e. The molecule has 1 aromatic rings. The molecule has 2 aliphatic rings. The van der Waals surface area contributed by atoms with E-state index in [9.17, 15) is 24.9 Å². The molecule has 0 aliphatic carbocycles. The van der Waals surface area contributed by atoms with E-state index in [1.54, 1.807) is 18.2 Å². The van der Waals surface area contributed by atoms with E-state index in [-0.39, 0.29) is 23.4 Å². The minimum absolute atomic E-state index is 0.0187. The Kier molecular flexibility index (Phi) is 2.98. The van der Waals surface area contributed by atoms with Crippen molar-refractivity contribution in [3.05, 3.63) is 35.5 Å². The lowest BCUT2D eigenvalue weighted by molar-refractivity contribution is -0.161. The van der Waals surface area contributed by atoms with E-state index in [1.165, 1.54) is 17.9 Å². The predicted octanol–water partition coefficient (Wildman–Crippen LogP) is 0.799. The highest BCUT2D eigenvalue weighted by Crippen LogP contribution is 2.48. The van der Waals surface area contributed by atoms with Gasteiger partial charge in [0, 0.05) is 5.56 Å². The van der Waals surface area contributed by atoms with E-state index < -0.39 is 18.0 Å². The first-order valence-electron chi connectivity index (χ1n) is 6.69. The molecule has 0 aromatic heterocycles. The molecule has 3 atom stereocenters. The number of phenolic OH excluding ortho intramolecular Hbond substituents is 1. The number of aromatic hydroxyl groups is 1. The van der Waals surface area contributed by atoms with Crippen LogP contribution in [0.15, 0.2) is 30.0 Å². The third kappa shape index (κ3) is 1.83. The number of hydrogen-bond donors (Lipinski definition) is 3. The number of para-hydroxylation sites is 1. The smallest absolute Gasteiger partial charge is 0.352 e. The molecule has 1 fully saturated rings. The normalized spacial score (nSPS) is 25.6. The standard InChI is InChI=1S/C15H15NO5/c1-7(17)12-10-6-9(8-4-2-3-5-11(8)18)13(15(20)21)16(10)14(12)19/h2-5,7,10,12,17-18H,6H2,1H3,(H,20,21)/t7-,10-,12-/m1/s1. The van der Waals surface area contributed by atoms with Crippen molar-refractivity contribution in [2.45, 2.75) is 25.5 Å². The van der Waals surface area contributed by atoms with Gasteiger partial charge in [0.05, 0.1) is 18.1 Å². The number of β-lactam (4-membered cyclic amide) rings is 1. The highest BCUT2D eigenvalue weighted by molar-refractivity contribution is 6.06. The Bertz CT molecular complexity index is 664. The molecule has 0 unspecified atom stereocenters. The van der Waals surface area contributed by atoms with Crippen LogP contribution in [0.5, 0.6) is 5.75 Å². The lowest BCUT2D eigenvalue weighted by Crippen LogP contribution is -2.61. The van der Waals surface area contributed by atoms with Crippen LogP contribution in [0.25, 0.3) is 5.57 Å². The Labute approximate surface area is 120 Å². The molecule has 110 valence electrons. The number of rotatable bonds is 3. The van der Waals surface area contributed by atoms with E-state index >= 15 is 0 Å². The van der Waals surface area contributed by atoms with Crippen molar-refractivity contribution in [3.63, 3.8) is 0 Å². The number of benzene rings is 1. The van der Waals surface area contributed by atoms with Gasteiger partial charge in [0.25, 0.3) is 0 Å². The van der Waals surface area contributed by atoms with Crippen molar-refractivity contribution in [2.75, 3.05) is 0 Å². The van der Waals surface area contributed by atoms with Gasteiger partial charge in [-0.3, -0.25) is 4.79 Å². The lowest BCUT2D eigenvalue weighted by Gasteiger charge is -2.44. The van der Waals surface area contributed by atoms with Crippen LogP contribution in [0.2, 0.25) is 0 Å². The quantitative estimate of drug-likeness (QED) is 0.715. The van der Waals surface area contributed by atoms with Crippen LogP contribution in [0.3, 0.4) is 0 Å². The second kappa shape index (κ2) is 4.60. The first kappa shape index (κ1) is 13.6. The number of phenols is 1. The average molecular weight is 289 g/mol. The van der Waals surface area contributed by atoms with E-state index in [0.29, 0.717) is 17.6 Å². The van der Waals surface area contributed by atoms with Gasteiger partial charge in [0.1, 0.15) is 11.4 Å². The van der Waals surface area contributed by atoms with Crippen LogP contribution in [-0.4, -0.2) is 44.2 Å². The third-order valence-electron chi connectivity index (χ3n) is 4.16. The number of hydrogen-bond acceptors (Lipinski definition) is 4. The molecule has 2 aliphatic heterocycles. The van der Waals surface area contributed by atoms with Crippen LogP contribution in [0.4, 0.5) is 0 Å². The largest absolute Gasteiger partial charge is 0.507 e. The third-order valence-corrected chi connectivity index (χ3v) is 4.16. The van der Waals surface area contributed by atoms with Crippen molar-refractivity contribution >= 4 is 17.4 Å². The summed E-state index contributed by atoms with van der Waals surface area (Å²) < 4.78 is 0. The molecule has 1 aromatic carbocycles. The van der Waals surface area contributed by atoms with Crippen LogP contribution < -0.4 is 0 Å². The van der Waals surface area contributed by atoms with Gasteiger partial charge in [0.15, 0.2) is 0 Å². The van der Waals surface area contributed by atoms with Crippen molar-refractivity contribution < 1.29 is 24.9 Å². The van der Waals surface area contributed by atoms with Crippen molar-refractivity contribution in [2.24, 2.45) is 5.92 Å². The van der Waals surface area contributed by atoms with Gasteiger partial charge in [0.2, 0.25) is 5.91 Å². The molecule has 2 heterocycles. The maximum absolute atomic E-state index is 12.1. The van der Waals surface area contributed by atoms with Crippen LogP contribution in [-0.2, 0) is 9.59 Å². The minimum Gasteiger partial charge on any atom is -0.507 e. The Balaban J connectivity index is 2.07. The van der Waals surface area contributed by atoms with Gasteiger partial charge in [-0.15, -0.1) is 0 Å². The summed E-state index contributed by atoms with van der Waals surface area (Å²) in [5.41, 5.74) is 0.756. The van der Waals surface area contributed by atoms with E-state index in [0.717, 1.165) is 0 Å². The second-order valence-corrected chi connectivity index (χ2v) is 5.40. The van der Waals surface area contributed by atoms with Gasteiger partial charge in [-0.05, 0) is 25.0 Å². The molecule has 0 saturated carbocycles. The van der Waals surface area contributed by atoms with Gasteiger partial charge in [-0.2, -0.15) is 0 Å². The summed E-state index contributed by atoms with van der Waals surface area (Å²) in [6.07, 6.45) is -0.502. The van der Waals surface area contributed by atoms with E-state index in [2.05, 4.69) is 0 Å². The molecule has 0 bridgehead atoms. The van der Waals surface area contributed by atoms with Crippen molar-refractivity contribution in [1.82, 2.24) is 4.90 Å². The maximum atomic E-state index is 12.1. The zero-order valence-electron chi connectivity index (χ0n) is 11.4. The minimum atomic E-state index is -1.20. The van der Waals surface area contributed by atoms with Crippen LogP contribution in [0.1, 0.15) is 18.9 Å². The molecular weight excluding hydrogens is 274 g/mol. The summed E-state index contributed by atoms with van der Waals surface area (Å²) in [7, 11) is 0. The zero-order valence-corrected chi connectivity index (χ0v) is 11.4. The molecule has 0 radical (unpaired) electrons. The number of aliphatic hydroxyl groups excluding tert-OH is 1. The highest BCUT2D eigenvalue weighted by atomic mass is 16.4. The topological polar surface area (TPSA) is 98.1 Å². The molecular formula is C15H15NO5. The fourth-order valence-electron chi connectivity index (χ4n) is 3.24. The monoisotopic (exact) mass is 289 g/mol. The van der Waals surface area contributed by atoms with E-state index in [1.807, 2.05) is 0 Å². The fraction of sp³-hybridized carbons (Fsp3) is 0.333. The van der Waals surface area contributed by atoms with Gasteiger partial charge < -0.3 is 20.2 Å². The van der Waals surface area contributed by atoms with Crippen LogP contribution in [0, 0.1) is 5.92 Å². The number of aliphatic carboxylic acids is 1. The zero-order chi connectivity index (χ0) is 15.3. The number of fused-ring (bicyclic) bond motifs is 1. The van der Waals surface area contributed by atoms with Crippen molar-refractivity contribution in [1.29, 1.82) is 0 Å². The molecule has 3 N–H and O–H groups in total. The number of carboxylic acid groups (broad SMARTS) is 1.